The minimum absolute atomic E-state index is 1.00. The smallest absolute Gasteiger partial charge is 0.0319 e. The van der Waals surface area contributed by atoms with Crippen LogP contribution >= 0.6 is 0 Å². The van der Waals surface area contributed by atoms with Crippen LogP contribution in [0.1, 0.15) is 5.56 Å². The second-order valence-electron chi connectivity index (χ2n) is 3.24. The van der Waals surface area contributed by atoms with Gasteiger partial charge in [-0.2, -0.15) is 0 Å². The highest BCUT2D eigenvalue weighted by atomic mass is 16.2. The molecule has 1 heteroatoms. The van der Waals surface area contributed by atoms with Crippen LogP contribution in [0.3, 0.4) is 0 Å². The van der Waals surface area contributed by atoms with E-state index >= 15 is 0 Å². The number of aliphatic hydroxyl groups excluding tert-OH is 1. The van der Waals surface area contributed by atoms with Crippen molar-refractivity contribution < 1.29 is 5.11 Å². The lowest BCUT2D eigenvalue weighted by Gasteiger charge is -2.01. The second kappa shape index (κ2) is 5.99. The van der Waals surface area contributed by atoms with Gasteiger partial charge in [0, 0.05) is 7.11 Å². The van der Waals surface area contributed by atoms with Crippen molar-refractivity contribution in [2.24, 2.45) is 0 Å². The molecule has 78 valence electrons. The quantitative estimate of drug-likeness (QED) is 0.749. The number of benzene rings is 2. The molecule has 0 spiro atoms. The summed E-state index contributed by atoms with van der Waals surface area (Å²) in [5, 5.41) is 7.00. The maximum atomic E-state index is 7.00. The standard InChI is InChI=1S/C13H12.CH4O/c1-11-6-5-9-13(10-11)12-7-3-2-4-8-12;1-2/h2-10H,1H3;2H,1H3. The Kier molecular flexibility index (Phi) is 4.58. The van der Waals surface area contributed by atoms with Crippen molar-refractivity contribution >= 4 is 0 Å². The van der Waals surface area contributed by atoms with Crippen molar-refractivity contribution in [3.05, 3.63) is 60.2 Å². The number of hydrogen-bond donors (Lipinski definition) is 1. The van der Waals surface area contributed by atoms with Gasteiger partial charge >= 0.3 is 0 Å². The minimum Gasteiger partial charge on any atom is -0.400 e. The highest BCUT2D eigenvalue weighted by Crippen LogP contribution is 2.19. The number of hydrogen-bond acceptors (Lipinski definition) is 1. The van der Waals surface area contributed by atoms with Crippen LogP contribution < -0.4 is 0 Å². The lowest BCUT2D eigenvalue weighted by molar-refractivity contribution is 0.399. The third-order valence-corrected chi connectivity index (χ3v) is 2.13. The Bertz CT molecular complexity index is 393. The van der Waals surface area contributed by atoms with E-state index in [0.29, 0.717) is 0 Å². The Hall–Kier alpha value is -1.60. The van der Waals surface area contributed by atoms with E-state index in [2.05, 4.69) is 55.5 Å². The average molecular weight is 200 g/mol. The van der Waals surface area contributed by atoms with Gasteiger partial charge < -0.3 is 5.11 Å². The first-order valence-corrected chi connectivity index (χ1v) is 4.93. The van der Waals surface area contributed by atoms with E-state index in [9.17, 15) is 0 Å². The normalized spacial score (nSPS) is 9.00. The summed E-state index contributed by atoms with van der Waals surface area (Å²) in [5.41, 5.74) is 3.88. The zero-order chi connectivity index (χ0) is 11.1. The van der Waals surface area contributed by atoms with E-state index in [4.69, 9.17) is 5.11 Å². The van der Waals surface area contributed by atoms with Gasteiger partial charge in [-0.05, 0) is 18.1 Å². The van der Waals surface area contributed by atoms with Crippen molar-refractivity contribution in [3.63, 3.8) is 0 Å². The van der Waals surface area contributed by atoms with E-state index in [-0.39, 0.29) is 0 Å². The molecule has 0 atom stereocenters. The number of aryl methyl sites for hydroxylation is 1. The maximum Gasteiger partial charge on any atom is 0.0319 e. The molecule has 0 saturated heterocycles. The zero-order valence-corrected chi connectivity index (χ0v) is 9.14. The third kappa shape index (κ3) is 3.22. The first kappa shape index (κ1) is 11.5. The van der Waals surface area contributed by atoms with Crippen molar-refractivity contribution in [2.75, 3.05) is 7.11 Å². The van der Waals surface area contributed by atoms with Gasteiger partial charge in [0.05, 0.1) is 0 Å². The molecule has 0 aliphatic rings. The SMILES string of the molecule is CO.Cc1cccc(-c2ccccc2)c1. The second-order valence-corrected chi connectivity index (χ2v) is 3.24. The van der Waals surface area contributed by atoms with Gasteiger partial charge in [0.1, 0.15) is 0 Å². The van der Waals surface area contributed by atoms with Gasteiger partial charge in [-0.15, -0.1) is 0 Å². The summed E-state index contributed by atoms with van der Waals surface area (Å²) in [7, 11) is 1.00. The molecule has 0 heterocycles. The largest absolute Gasteiger partial charge is 0.400 e. The minimum atomic E-state index is 1.00. The molecule has 0 amide bonds. The Balaban J connectivity index is 0.000000531. The first-order valence-electron chi connectivity index (χ1n) is 4.93. The molecule has 0 aliphatic heterocycles. The third-order valence-electron chi connectivity index (χ3n) is 2.13. The predicted molar refractivity (Wildman–Crippen MR) is 64.8 cm³/mol. The summed E-state index contributed by atoms with van der Waals surface area (Å²) in [6.45, 7) is 2.12. The molecule has 0 radical (unpaired) electrons. The molecule has 2 aromatic carbocycles. The predicted octanol–water partition coefficient (Wildman–Crippen LogP) is 3.27. The Morgan fingerprint density at radius 3 is 1.93 bits per heavy atom. The first-order chi connectivity index (χ1) is 7.36. The molecular formula is C14H16O. The van der Waals surface area contributed by atoms with E-state index in [1.165, 1.54) is 16.7 Å². The summed E-state index contributed by atoms with van der Waals surface area (Å²) in [5.74, 6) is 0. The molecule has 0 saturated carbocycles. The topological polar surface area (TPSA) is 20.2 Å². The fraction of sp³-hybridized carbons (Fsp3) is 0.143. The van der Waals surface area contributed by atoms with Crippen LogP contribution in [-0.2, 0) is 0 Å². The molecule has 0 aromatic heterocycles. The zero-order valence-electron chi connectivity index (χ0n) is 9.14. The summed E-state index contributed by atoms with van der Waals surface area (Å²) in [4.78, 5) is 0. The van der Waals surface area contributed by atoms with Crippen molar-refractivity contribution in [1.82, 2.24) is 0 Å². The van der Waals surface area contributed by atoms with Gasteiger partial charge in [0.2, 0.25) is 0 Å². The lowest BCUT2D eigenvalue weighted by atomic mass is 10.0. The van der Waals surface area contributed by atoms with Gasteiger partial charge in [-0.1, -0.05) is 60.2 Å². The number of rotatable bonds is 1. The fourth-order valence-electron chi connectivity index (χ4n) is 1.46. The molecule has 1 nitrogen and oxygen atoms in total. The van der Waals surface area contributed by atoms with Gasteiger partial charge in [-0.25, -0.2) is 0 Å². The van der Waals surface area contributed by atoms with E-state index in [0.717, 1.165) is 7.11 Å². The van der Waals surface area contributed by atoms with Gasteiger partial charge in [-0.3, -0.25) is 0 Å². The highest BCUT2D eigenvalue weighted by Gasteiger charge is 1.94. The molecule has 0 unspecified atom stereocenters. The molecular weight excluding hydrogens is 184 g/mol. The van der Waals surface area contributed by atoms with Crippen LogP contribution in [0.4, 0.5) is 0 Å². The summed E-state index contributed by atoms with van der Waals surface area (Å²) >= 11 is 0. The average Bonchev–Trinajstić information content (AvgIpc) is 2.33. The van der Waals surface area contributed by atoms with Crippen LogP contribution in [0.2, 0.25) is 0 Å². The van der Waals surface area contributed by atoms with E-state index in [1.54, 1.807) is 0 Å². The summed E-state index contributed by atoms with van der Waals surface area (Å²) in [6.07, 6.45) is 0. The summed E-state index contributed by atoms with van der Waals surface area (Å²) < 4.78 is 0. The van der Waals surface area contributed by atoms with Crippen LogP contribution in [0.15, 0.2) is 54.6 Å². The van der Waals surface area contributed by atoms with Crippen molar-refractivity contribution in [1.29, 1.82) is 0 Å². The Morgan fingerprint density at radius 1 is 0.733 bits per heavy atom. The summed E-state index contributed by atoms with van der Waals surface area (Å²) in [6, 6.07) is 19.0. The highest BCUT2D eigenvalue weighted by molar-refractivity contribution is 5.63. The maximum absolute atomic E-state index is 7.00. The van der Waals surface area contributed by atoms with Crippen LogP contribution in [0.5, 0.6) is 0 Å². The Labute approximate surface area is 91.0 Å². The van der Waals surface area contributed by atoms with Gasteiger partial charge in [0.25, 0.3) is 0 Å². The molecule has 2 rings (SSSR count). The molecule has 0 fully saturated rings. The lowest BCUT2D eigenvalue weighted by Crippen LogP contribution is -1.77. The van der Waals surface area contributed by atoms with Crippen LogP contribution in [0.25, 0.3) is 11.1 Å². The Morgan fingerprint density at radius 2 is 1.33 bits per heavy atom. The fourth-order valence-corrected chi connectivity index (χ4v) is 1.46. The molecule has 2 aromatic rings. The number of aliphatic hydroxyl groups is 1. The molecule has 0 aliphatic carbocycles. The van der Waals surface area contributed by atoms with Crippen LogP contribution in [0, 0.1) is 6.92 Å². The van der Waals surface area contributed by atoms with E-state index < -0.39 is 0 Å². The van der Waals surface area contributed by atoms with Crippen molar-refractivity contribution in [2.45, 2.75) is 6.92 Å². The van der Waals surface area contributed by atoms with Crippen molar-refractivity contribution in [3.8, 4) is 11.1 Å². The monoisotopic (exact) mass is 200 g/mol. The van der Waals surface area contributed by atoms with Gasteiger partial charge in [0.15, 0.2) is 0 Å². The van der Waals surface area contributed by atoms with Crippen LogP contribution in [-0.4, -0.2) is 12.2 Å². The van der Waals surface area contributed by atoms with E-state index in [1.807, 2.05) is 6.07 Å². The molecule has 0 bridgehead atoms. The molecule has 1 N–H and O–H groups in total. The molecule has 15 heavy (non-hydrogen) atoms.